The molecular weight excluding hydrogens is 1040 g/mol. The van der Waals surface area contributed by atoms with Gasteiger partial charge in [-0.25, -0.2) is 4.98 Å². The first-order valence-electron chi connectivity index (χ1n) is 24.3. The van der Waals surface area contributed by atoms with Crippen molar-refractivity contribution in [3.63, 3.8) is 0 Å². The van der Waals surface area contributed by atoms with Gasteiger partial charge in [0.05, 0.1) is 49.7 Å². The summed E-state index contributed by atoms with van der Waals surface area (Å²) in [5, 5.41) is 4.19. The van der Waals surface area contributed by atoms with Gasteiger partial charge >= 0.3 is 0 Å². The fourth-order valence-corrected chi connectivity index (χ4v) is 11.1. The molecule has 12 heteroatoms. The van der Waals surface area contributed by atoms with Crippen LogP contribution in [0.2, 0.25) is 0 Å². The maximum Gasteiger partial charge on any atom is 0.148 e. The Labute approximate surface area is 454 Å². The van der Waals surface area contributed by atoms with Crippen LogP contribution in [0.3, 0.4) is 0 Å². The Morgan fingerprint density at radius 1 is 0.370 bits per heavy atom. The van der Waals surface area contributed by atoms with Crippen molar-refractivity contribution in [2.24, 2.45) is 0 Å². The van der Waals surface area contributed by atoms with Crippen LogP contribution in [-0.2, 0) is 41.1 Å². The molecule has 0 radical (unpaired) electrons. The molecule has 0 amide bonds. The second kappa shape index (κ2) is 21.4. The van der Waals surface area contributed by atoms with Gasteiger partial charge in [-0.05, 0) is 152 Å². The summed E-state index contributed by atoms with van der Waals surface area (Å²) in [4.78, 5) is 42.0. The van der Waals surface area contributed by atoms with E-state index in [0.29, 0.717) is 0 Å². The molecule has 1 aromatic carbocycles. The number of fused-ring (bicyclic) bond motifs is 6. The minimum absolute atomic E-state index is 0. The second-order valence-electron chi connectivity index (χ2n) is 22.1. The quantitative estimate of drug-likeness (QED) is 0.135. The molecule has 0 fully saturated rings. The predicted octanol–water partition coefficient (Wildman–Crippen LogP) is 17.3. The maximum atomic E-state index is 5.01. The van der Waals surface area contributed by atoms with Crippen molar-refractivity contribution in [1.29, 1.82) is 0 Å². The van der Waals surface area contributed by atoms with Crippen LogP contribution >= 0.6 is 34.0 Å². The second-order valence-corrected chi connectivity index (χ2v) is 25.2. The third kappa shape index (κ3) is 12.1. The van der Waals surface area contributed by atoms with E-state index in [-0.39, 0.29) is 41.1 Å². The summed E-state index contributed by atoms with van der Waals surface area (Å²) in [6.07, 6.45) is 11.1. The minimum Gasteiger partial charge on any atom is -0.337 e. The van der Waals surface area contributed by atoms with Gasteiger partial charge in [0, 0.05) is 86.9 Å². The number of thiophene rings is 3. The predicted molar refractivity (Wildman–Crippen MR) is 306 cm³/mol. The van der Waals surface area contributed by atoms with Crippen LogP contribution in [0.1, 0.15) is 105 Å². The fourth-order valence-electron chi connectivity index (χ4n) is 8.23. The monoisotopic (exact) mass is 1100 g/mol. The molecule has 10 heterocycles. The molecule has 0 saturated carbocycles. The molecule has 0 aliphatic carbocycles. The van der Waals surface area contributed by atoms with Crippen LogP contribution in [0.15, 0.2) is 152 Å². The van der Waals surface area contributed by atoms with Crippen molar-refractivity contribution < 1.29 is 19.5 Å². The number of nitrogens with one attached hydrogen (secondary N) is 1. The number of rotatable bonds is 5. The summed E-state index contributed by atoms with van der Waals surface area (Å²) in [5.41, 5.74) is 13.2. The van der Waals surface area contributed by atoms with Gasteiger partial charge in [-0.2, -0.15) is 0 Å². The third-order valence-corrected chi connectivity index (χ3v) is 16.0. The van der Waals surface area contributed by atoms with Gasteiger partial charge in [0.15, 0.2) is 0 Å². The van der Waals surface area contributed by atoms with Gasteiger partial charge in [-0.1, -0.05) is 89.2 Å². The molecular formula is C61H62N8RuS3. The Hall–Kier alpha value is -6.17. The average molecular weight is 1100 g/mol. The van der Waals surface area contributed by atoms with Crippen molar-refractivity contribution >= 4 is 66.8 Å². The molecule has 0 aliphatic rings. The molecule has 11 aromatic rings. The van der Waals surface area contributed by atoms with Crippen molar-refractivity contribution in [3.05, 3.63) is 174 Å². The Balaban J connectivity index is 0.000000153. The van der Waals surface area contributed by atoms with E-state index < -0.39 is 0 Å². The van der Waals surface area contributed by atoms with Gasteiger partial charge in [0.2, 0.25) is 0 Å². The summed E-state index contributed by atoms with van der Waals surface area (Å²) in [7, 11) is 0. The molecule has 0 bridgehead atoms. The number of H-pyrrole nitrogens is 1. The van der Waals surface area contributed by atoms with E-state index in [1.807, 2.05) is 60.7 Å². The number of imidazole rings is 1. The largest absolute Gasteiger partial charge is 0.337 e. The van der Waals surface area contributed by atoms with Crippen LogP contribution in [0.4, 0.5) is 0 Å². The Morgan fingerprint density at radius 2 is 0.753 bits per heavy atom. The number of hydrogen-bond acceptors (Lipinski definition) is 10. The summed E-state index contributed by atoms with van der Waals surface area (Å²) < 4.78 is 0. The summed E-state index contributed by atoms with van der Waals surface area (Å²) in [6, 6.07) is 38.0. The number of nitrogens with zero attached hydrogens (tertiary/aromatic N) is 7. The first-order chi connectivity index (χ1) is 34.2. The first-order valence-corrected chi connectivity index (χ1v) is 26.8. The van der Waals surface area contributed by atoms with Crippen LogP contribution in [0.5, 0.6) is 0 Å². The number of pyridine rings is 6. The van der Waals surface area contributed by atoms with E-state index >= 15 is 0 Å². The van der Waals surface area contributed by atoms with E-state index in [1.165, 1.54) is 41.8 Å². The van der Waals surface area contributed by atoms with Crippen molar-refractivity contribution in [2.45, 2.75) is 105 Å². The number of hydrogen-bond donors (Lipinski definition) is 1. The Kier molecular flexibility index (Phi) is 15.5. The zero-order chi connectivity index (χ0) is 51.0. The van der Waals surface area contributed by atoms with E-state index in [1.54, 1.807) is 22.7 Å². The van der Waals surface area contributed by atoms with Gasteiger partial charge in [0.25, 0.3) is 0 Å². The van der Waals surface area contributed by atoms with E-state index in [4.69, 9.17) is 4.98 Å². The molecule has 0 unspecified atom stereocenters. The number of benzene rings is 1. The average Bonchev–Trinajstić information content (AvgIpc) is 4.22. The fraction of sp³-hybridized carbons (Fsp3) is 0.262. The van der Waals surface area contributed by atoms with Gasteiger partial charge < -0.3 is 4.98 Å². The molecule has 73 heavy (non-hydrogen) atoms. The summed E-state index contributed by atoms with van der Waals surface area (Å²) >= 11 is 5.38. The molecule has 0 spiro atoms. The summed E-state index contributed by atoms with van der Waals surface area (Å²) in [5.74, 6) is 0.882. The molecule has 0 atom stereocenters. The van der Waals surface area contributed by atoms with Gasteiger partial charge in [-0.15, -0.1) is 34.0 Å². The van der Waals surface area contributed by atoms with Crippen LogP contribution < -0.4 is 0 Å². The molecule has 0 aliphatic heterocycles. The maximum absolute atomic E-state index is 5.01. The van der Waals surface area contributed by atoms with E-state index in [9.17, 15) is 0 Å². The molecule has 11 rings (SSSR count). The number of aromatic nitrogens is 8. The standard InChI is InChI=1S/C25H14N4S3.2C18H24N2.Ru/c1-4-14-21(26-11-1)22-15(5-2-12-27-22)24-23(14)28-25(29-24)20-10-9-19(32-20)18-8-7-17(31-18)16-6-3-13-30-16;2*1-17(2,3)13-7-9-19-15(11-13)16-12-14(8-10-20-16)18(4,5)6;/h1-13H,(H,28,29);2*7-12H,1-6H3;. The smallest absolute Gasteiger partial charge is 0.148 e. The third-order valence-electron chi connectivity index (χ3n) is 12.5. The van der Waals surface area contributed by atoms with E-state index in [0.717, 1.165) is 66.3 Å². The molecule has 372 valence electrons. The van der Waals surface area contributed by atoms with Crippen LogP contribution in [0, 0.1) is 0 Å². The molecule has 0 saturated heterocycles. The van der Waals surface area contributed by atoms with Gasteiger partial charge in [-0.3, -0.25) is 29.9 Å². The zero-order valence-corrected chi connectivity index (χ0v) is 47.8. The Morgan fingerprint density at radius 3 is 1.16 bits per heavy atom. The van der Waals surface area contributed by atoms with Crippen molar-refractivity contribution in [1.82, 2.24) is 39.9 Å². The van der Waals surface area contributed by atoms with Crippen LogP contribution in [0.25, 0.3) is 85.8 Å². The zero-order valence-electron chi connectivity index (χ0n) is 43.6. The topological polar surface area (TPSA) is 106 Å². The Bertz CT molecular complexity index is 3360. The van der Waals surface area contributed by atoms with Gasteiger partial charge in [0.1, 0.15) is 5.82 Å². The van der Waals surface area contributed by atoms with Crippen molar-refractivity contribution in [3.8, 4) is 53.0 Å². The van der Waals surface area contributed by atoms with E-state index in [2.05, 4.69) is 220 Å². The summed E-state index contributed by atoms with van der Waals surface area (Å²) in [6.45, 7) is 26.6. The normalized spacial score (nSPS) is 12.0. The SMILES string of the molecule is CC(C)(C)c1ccnc(-c2cc(C(C)(C)C)ccn2)c1.CC(C)(C)c1ccnc(-c2cc(C(C)(C)C)ccn2)c1.[Ru].c1csc(-c2ccc(-c3ccc(-c4nc5c6cccnc6c6ncccc6c5[nH]4)s3)s2)c1. The molecule has 8 nitrogen and oxygen atoms in total. The molecule has 1 N–H and O–H groups in total. The minimum atomic E-state index is 0. The van der Waals surface area contributed by atoms with Crippen molar-refractivity contribution in [2.75, 3.05) is 0 Å². The van der Waals surface area contributed by atoms with Crippen LogP contribution in [-0.4, -0.2) is 39.9 Å². The number of aromatic amines is 1. The first kappa shape index (κ1) is 53.1. The molecule has 10 aromatic heterocycles.